The molecule has 2 amide bonds. The number of amides is 2. The molecule has 3 aromatic rings. The molecule has 1 aliphatic heterocycles. The Hall–Kier alpha value is -3.75. The Kier molecular flexibility index (Phi) is 5.65. The van der Waals surface area contributed by atoms with Crippen LogP contribution in [0.25, 0.3) is 11.0 Å². The maximum absolute atomic E-state index is 13.3. The Morgan fingerprint density at radius 3 is 2.69 bits per heavy atom. The molecular formula is C23H25N5O4. The molecule has 166 valence electrons. The average Bonchev–Trinajstić information content (AvgIpc) is 2.75. The van der Waals surface area contributed by atoms with Crippen molar-refractivity contribution in [2.75, 3.05) is 10.6 Å². The third-order valence-corrected chi connectivity index (χ3v) is 5.51. The Balaban J connectivity index is 1.82. The number of aryl methyl sites for hydroxylation is 2. The van der Waals surface area contributed by atoms with Gasteiger partial charge in [-0.3, -0.25) is 23.9 Å². The Morgan fingerprint density at radius 1 is 1.19 bits per heavy atom. The van der Waals surface area contributed by atoms with E-state index in [0.717, 1.165) is 11.3 Å². The molecule has 1 aliphatic rings. The summed E-state index contributed by atoms with van der Waals surface area (Å²) in [6.45, 7) is 6.16. The highest BCUT2D eigenvalue weighted by Crippen LogP contribution is 2.27. The van der Waals surface area contributed by atoms with E-state index in [2.05, 4.69) is 20.6 Å². The number of carbonyl (C=O) groups is 2. The molecule has 0 saturated heterocycles. The van der Waals surface area contributed by atoms with Crippen LogP contribution >= 0.6 is 0 Å². The molecule has 0 atom stereocenters. The number of nitrogens with one attached hydrogen (secondary N) is 3. The molecule has 4 rings (SSSR count). The summed E-state index contributed by atoms with van der Waals surface area (Å²) in [6.07, 6.45) is 1.65. The van der Waals surface area contributed by atoms with Crippen LogP contribution in [0.1, 0.15) is 61.1 Å². The predicted molar refractivity (Wildman–Crippen MR) is 122 cm³/mol. The summed E-state index contributed by atoms with van der Waals surface area (Å²) in [5.74, 6) is -0.509. The number of nitrogens with zero attached hydrogens (tertiary/aromatic N) is 2. The number of benzene rings is 1. The monoisotopic (exact) mass is 435 g/mol. The summed E-state index contributed by atoms with van der Waals surface area (Å²) in [6, 6.07) is 6.87. The topological polar surface area (TPSA) is 126 Å². The second-order valence-electron chi connectivity index (χ2n) is 8.23. The fraction of sp³-hybridized carbons (Fsp3) is 0.348. The zero-order chi connectivity index (χ0) is 23.0. The molecule has 0 saturated carbocycles. The van der Waals surface area contributed by atoms with Crippen molar-refractivity contribution in [1.82, 2.24) is 14.5 Å². The van der Waals surface area contributed by atoms with Crippen molar-refractivity contribution < 1.29 is 9.59 Å². The third-order valence-electron chi connectivity index (χ3n) is 5.51. The lowest BCUT2D eigenvalue weighted by molar-refractivity contribution is -0.116. The molecule has 1 aromatic carbocycles. The third kappa shape index (κ3) is 3.93. The van der Waals surface area contributed by atoms with Crippen LogP contribution in [-0.2, 0) is 17.8 Å². The minimum absolute atomic E-state index is 0.0113. The van der Waals surface area contributed by atoms with Crippen LogP contribution in [0, 0.1) is 0 Å². The molecule has 3 heterocycles. The van der Waals surface area contributed by atoms with E-state index >= 15 is 0 Å². The summed E-state index contributed by atoms with van der Waals surface area (Å²) in [7, 11) is 0. The maximum Gasteiger partial charge on any atom is 0.329 e. The van der Waals surface area contributed by atoms with Crippen molar-refractivity contribution in [3.05, 3.63) is 61.9 Å². The van der Waals surface area contributed by atoms with E-state index in [4.69, 9.17) is 0 Å². The molecule has 0 fully saturated rings. The summed E-state index contributed by atoms with van der Waals surface area (Å²) >= 11 is 0. The van der Waals surface area contributed by atoms with Crippen molar-refractivity contribution >= 4 is 34.2 Å². The van der Waals surface area contributed by atoms with E-state index in [-0.39, 0.29) is 28.4 Å². The van der Waals surface area contributed by atoms with Gasteiger partial charge in [0.2, 0.25) is 5.91 Å². The highest BCUT2D eigenvalue weighted by molar-refractivity contribution is 6.12. The molecule has 0 unspecified atom stereocenters. The number of H-pyrrole nitrogens is 1. The second-order valence-corrected chi connectivity index (χ2v) is 8.23. The molecule has 0 aliphatic carbocycles. The van der Waals surface area contributed by atoms with Gasteiger partial charge < -0.3 is 10.6 Å². The number of aromatic amines is 1. The highest BCUT2D eigenvalue weighted by atomic mass is 16.2. The van der Waals surface area contributed by atoms with Gasteiger partial charge in [-0.25, -0.2) is 9.78 Å². The van der Waals surface area contributed by atoms with E-state index in [0.29, 0.717) is 37.2 Å². The van der Waals surface area contributed by atoms with Gasteiger partial charge in [-0.1, -0.05) is 20.8 Å². The number of hydrogen-bond donors (Lipinski definition) is 3. The molecular weight excluding hydrogens is 410 g/mol. The number of fused-ring (bicyclic) bond motifs is 2. The van der Waals surface area contributed by atoms with E-state index in [9.17, 15) is 19.2 Å². The van der Waals surface area contributed by atoms with Gasteiger partial charge in [-0.2, -0.15) is 0 Å². The first kappa shape index (κ1) is 21.5. The van der Waals surface area contributed by atoms with Crippen LogP contribution in [0.15, 0.2) is 33.9 Å². The summed E-state index contributed by atoms with van der Waals surface area (Å²) < 4.78 is 1.40. The summed E-state index contributed by atoms with van der Waals surface area (Å²) in [4.78, 5) is 56.8. The largest absolute Gasteiger partial charge is 0.329 e. The van der Waals surface area contributed by atoms with Crippen LogP contribution in [0.3, 0.4) is 0 Å². The molecule has 9 nitrogen and oxygen atoms in total. The average molecular weight is 435 g/mol. The van der Waals surface area contributed by atoms with Gasteiger partial charge in [0.1, 0.15) is 0 Å². The molecule has 9 heteroatoms. The molecule has 0 bridgehead atoms. The quantitative estimate of drug-likeness (QED) is 0.568. The van der Waals surface area contributed by atoms with Gasteiger partial charge in [0.05, 0.1) is 10.9 Å². The molecule has 2 aromatic heterocycles. The SMILES string of the molecule is CCCn1c(=O)[nH]c(=O)c2c(C(=O)Nc3ccc4c(c3)CCC(=O)N4)cc(C(C)C)nc21. The van der Waals surface area contributed by atoms with Crippen LogP contribution in [0.4, 0.5) is 11.4 Å². The number of aromatic nitrogens is 3. The molecule has 32 heavy (non-hydrogen) atoms. The van der Waals surface area contributed by atoms with Gasteiger partial charge in [-0.05, 0) is 48.6 Å². The lowest BCUT2D eigenvalue weighted by Gasteiger charge is -2.18. The van der Waals surface area contributed by atoms with Crippen LogP contribution in [-0.4, -0.2) is 26.3 Å². The number of pyridine rings is 1. The molecule has 0 radical (unpaired) electrons. The zero-order valence-electron chi connectivity index (χ0n) is 18.2. The van der Waals surface area contributed by atoms with Crippen molar-refractivity contribution in [2.45, 2.75) is 52.5 Å². The Morgan fingerprint density at radius 2 is 1.97 bits per heavy atom. The number of carbonyl (C=O) groups excluding carboxylic acids is 2. The lowest BCUT2D eigenvalue weighted by Crippen LogP contribution is -2.32. The summed E-state index contributed by atoms with van der Waals surface area (Å²) in [5.41, 5.74) is 2.03. The van der Waals surface area contributed by atoms with Crippen molar-refractivity contribution in [3.63, 3.8) is 0 Å². The Bertz CT molecular complexity index is 1350. The fourth-order valence-electron chi connectivity index (χ4n) is 3.86. The van der Waals surface area contributed by atoms with Crippen LogP contribution < -0.4 is 21.9 Å². The first-order valence-electron chi connectivity index (χ1n) is 10.7. The van der Waals surface area contributed by atoms with E-state index in [1.165, 1.54) is 4.57 Å². The van der Waals surface area contributed by atoms with E-state index in [1.54, 1.807) is 18.2 Å². The number of anilines is 2. The van der Waals surface area contributed by atoms with Gasteiger partial charge in [0.25, 0.3) is 11.5 Å². The lowest BCUT2D eigenvalue weighted by atomic mass is 10.0. The molecule has 0 spiro atoms. The number of hydrogen-bond acceptors (Lipinski definition) is 5. The minimum atomic E-state index is -0.640. The normalized spacial score (nSPS) is 13.2. The van der Waals surface area contributed by atoms with Gasteiger partial charge in [0.15, 0.2) is 5.65 Å². The standard InChI is InChI=1S/C23H25N5O4/c1-4-9-28-20-19(22(31)27-23(28)32)15(11-17(26-20)12(2)3)21(30)24-14-6-7-16-13(10-14)5-8-18(29)25-16/h6-7,10-12H,4-5,8-9H2,1-3H3,(H,24,30)(H,25,29)(H,27,31,32). The Labute approximate surface area is 183 Å². The molecule has 3 N–H and O–H groups in total. The number of rotatable bonds is 5. The maximum atomic E-state index is 13.3. The van der Waals surface area contributed by atoms with Gasteiger partial charge in [-0.15, -0.1) is 0 Å². The van der Waals surface area contributed by atoms with Crippen LogP contribution in [0.2, 0.25) is 0 Å². The first-order valence-corrected chi connectivity index (χ1v) is 10.7. The zero-order valence-corrected chi connectivity index (χ0v) is 18.2. The van der Waals surface area contributed by atoms with E-state index < -0.39 is 17.2 Å². The van der Waals surface area contributed by atoms with E-state index in [1.807, 2.05) is 26.8 Å². The van der Waals surface area contributed by atoms with Crippen molar-refractivity contribution in [1.29, 1.82) is 0 Å². The summed E-state index contributed by atoms with van der Waals surface area (Å²) in [5, 5.41) is 5.75. The fourth-order valence-corrected chi connectivity index (χ4v) is 3.86. The predicted octanol–water partition coefficient (Wildman–Crippen LogP) is 2.76. The minimum Gasteiger partial charge on any atom is -0.326 e. The van der Waals surface area contributed by atoms with Gasteiger partial charge >= 0.3 is 5.69 Å². The van der Waals surface area contributed by atoms with Crippen molar-refractivity contribution in [3.8, 4) is 0 Å². The second kappa shape index (κ2) is 8.41. The van der Waals surface area contributed by atoms with Gasteiger partial charge in [0, 0.05) is 30.0 Å². The highest BCUT2D eigenvalue weighted by Gasteiger charge is 2.21. The van der Waals surface area contributed by atoms with Crippen molar-refractivity contribution in [2.24, 2.45) is 0 Å². The first-order chi connectivity index (χ1) is 15.3. The smallest absolute Gasteiger partial charge is 0.326 e. The van der Waals surface area contributed by atoms with Crippen LogP contribution in [0.5, 0.6) is 0 Å².